The van der Waals surface area contributed by atoms with E-state index in [2.05, 4.69) is 10.3 Å². The zero-order valence-electron chi connectivity index (χ0n) is 10.4. The summed E-state index contributed by atoms with van der Waals surface area (Å²) in [6, 6.07) is 8.97. The highest BCUT2D eigenvalue weighted by Gasteiger charge is 2.10. The van der Waals surface area contributed by atoms with Gasteiger partial charge in [-0.1, -0.05) is 29.8 Å². The Kier molecular flexibility index (Phi) is 4.36. The highest BCUT2D eigenvalue weighted by atomic mass is 35.5. The smallest absolute Gasteiger partial charge is 0.338 e. The summed E-state index contributed by atoms with van der Waals surface area (Å²) in [4.78, 5) is 15.6. The molecule has 5 heteroatoms. The lowest BCUT2D eigenvalue weighted by Gasteiger charge is -2.10. The summed E-state index contributed by atoms with van der Waals surface area (Å²) in [5, 5.41) is 3.73. The highest BCUT2D eigenvalue weighted by molar-refractivity contribution is 6.33. The summed E-state index contributed by atoms with van der Waals surface area (Å²) in [6.07, 6.45) is 3.26. The molecule has 4 nitrogen and oxygen atoms in total. The van der Waals surface area contributed by atoms with E-state index in [1.54, 1.807) is 30.6 Å². The third-order valence-electron chi connectivity index (χ3n) is 2.66. The second-order valence-electron chi connectivity index (χ2n) is 3.86. The summed E-state index contributed by atoms with van der Waals surface area (Å²) in [7, 11) is 1.37. The number of nitrogens with one attached hydrogen (secondary N) is 1. The maximum absolute atomic E-state index is 11.6. The van der Waals surface area contributed by atoms with Crippen LogP contribution in [0.4, 0.5) is 5.69 Å². The van der Waals surface area contributed by atoms with Crippen LogP contribution in [0.2, 0.25) is 5.02 Å². The maximum atomic E-state index is 11.6. The van der Waals surface area contributed by atoms with Gasteiger partial charge in [-0.2, -0.15) is 0 Å². The molecule has 1 N–H and O–H groups in total. The Bertz CT molecular complexity index is 587. The number of halogens is 1. The topological polar surface area (TPSA) is 51.2 Å². The van der Waals surface area contributed by atoms with Gasteiger partial charge >= 0.3 is 5.97 Å². The number of anilines is 1. The highest BCUT2D eigenvalue weighted by Crippen LogP contribution is 2.20. The molecule has 0 aliphatic heterocycles. The number of methoxy groups -OCH3 is 1. The Balaban J connectivity index is 2.16. The molecule has 1 aromatic carbocycles. The first-order chi connectivity index (χ1) is 9.22. The minimum Gasteiger partial charge on any atom is -0.465 e. The van der Waals surface area contributed by atoms with Crippen molar-refractivity contribution < 1.29 is 9.53 Å². The van der Waals surface area contributed by atoms with E-state index < -0.39 is 0 Å². The standard InChI is InChI=1S/C14H13ClN2O2/c1-19-14(18)11-5-3-2-4-10(11)8-17-13-9-16-7-6-12(13)15/h2-7,9,17H,8H2,1H3. The zero-order chi connectivity index (χ0) is 13.7. The third-order valence-corrected chi connectivity index (χ3v) is 2.99. The molecule has 0 aliphatic rings. The van der Waals surface area contributed by atoms with E-state index in [1.165, 1.54) is 7.11 Å². The summed E-state index contributed by atoms with van der Waals surface area (Å²) in [6.45, 7) is 0.469. The second kappa shape index (κ2) is 6.20. The minimum atomic E-state index is -0.352. The van der Waals surface area contributed by atoms with Gasteiger partial charge in [-0.05, 0) is 17.7 Å². The zero-order valence-corrected chi connectivity index (χ0v) is 11.1. The van der Waals surface area contributed by atoms with E-state index in [0.29, 0.717) is 17.1 Å². The minimum absolute atomic E-state index is 0.352. The van der Waals surface area contributed by atoms with Crippen LogP contribution in [0.15, 0.2) is 42.7 Å². The van der Waals surface area contributed by atoms with Gasteiger partial charge in [0.1, 0.15) is 0 Å². The lowest BCUT2D eigenvalue weighted by molar-refractivity contribution is 0.0599. The number of aromatic nitrogens is 1. The van der Waals surface area contributed by atoms with Crippen molar-refractivity contribution in [3.05, 3.63) is 58.9 Å². The van der Waals surface area contributed by atoms with Crippen molar-refractivity contribution in [3.63, 3.8) is 0 Å². The molecule has 0 bridgehead atoms. The molecule has 0 atom stereocenters. The quantitative estimate of drug-likeness (QED) is 0.872. The average molecular weight is 277 g/mol. The number of nitrogens with zero attached hydrogens (tertiary/aromatic N) is 1. The van der Waals surface area contributed by atoms with Crippen LogP contribution in [0.1, 0.15) is 15.9 Å². The van der Waals surface area contributed by atoms with E-state index in [1.807, 2.05) is 12.1 Å². The van der Waals surface area contributed by atoms with Crippen LogP contribution in [-0.4, -0.2) is 18.1 Å². The second-order valence-corrected chi connectivity index (χ2v) is 4.27. The largest absolute Gasteiger partial charge is 0.465 e. The third kappa shape index (κ3) is 3.23. The molecule has 2 rings (SSSR count). The Morgan fingerprint density at radius 1 is 1.37 bits per heavy atom. The molecule has 0 spiro atoms. The van der Waals surface area contributed by atoms with Crippen LogP contribution in [0.25, 0.3) is 0 Å². The van der Waals surface area contributed by atoms with Gasteiger partial charge in [0.15, 0.2) is 0 Å². The van der Waals surface area contributed by atoms with Crippen LogP contribution in [-0.2, 0) is 11.3 Å². The summed E-state index contributed by atoms with van der Waals surface area (Å²) in [5.41, 5.74) is 2.11. The van der Waals surface area contributed by atoms with Crippen molar-refractivity contribution in [2.75, 3.05) is 12.4 Å². The number of benzene rings is 1. The van der Waals surface area contributed by atoms with Crippen molar-refractivity contribution in [2.45, 2.75) is 6.54 Å². The van der Waals surface area contributed by atoms with Gasteiger partial charge in [0.25, 0.3) is 0 Å². The Morgan fingerprint density at radius 2 is 2.16 bits per heavy atom. The first-order valence-corrected chi connectivity index (χ1v) is 6.09. The van der Waals surface area contributed by atoms with E-state index >= 15 is 0 Å². The molecular weight excluding hydrogens is 264 g/mol. The van der Waals surface area contributed by atoms with Crippen molar-refractivity contribution in [1.29, 1.82) is 0 Å². The SMILES string of the molecule is COC(=O)c1ccccc1CNc1cnccc1Cl. The van der Waals surface area contributed by atoms with Gasteiger partial charge in [-0.15, -0.1) is 0 Å². The summed E-state index contributed by atoms with van der Waals surface area (Å²) < 4.78 is 4.75. The molecule has 2 aromatic rings. The number of rotatable bonds is 4. The fraction of sp³-hybridized carbons (Fsp3) is 0.143. The Hall–Kier alpha value is -2.07. The number of carbonyl (C=O) groups is 1. The van der Waals surface area contributed by atoms with Crippen LogP contribution in [0.5, 0.6) is 0 Å². The molecule has 0 radical (unpaired) electrons. The van der Waals surface area contributed by atoms with Gasteiger partial charge in [-0.25, -0.2) is 4.79 Å². The molecule has 0 fully saturated rings. The van der Waals surface area contributed by atoms with Crippen molar-refractivity contribution in [3.8, 4) is 0 Å². The Morgan fingerprint density at radius 3 is 2.89 bits per heavy atom. The van der Waals surface area contributed by atoms with Crippen LogP contribution in [0.3, 0.4) is 0 Å². The van der Waals surface area contributed by atoms with Crippen LogP contribution < -0.4 is 5.32 Å². The van der Waals surface area contributed by atoms with E-state index in [9.17, 15) is 4.79 Å². The normalized spacial score (nSPS) is 10.0. The fourth-order valence-corrected chi connectivity index (χ4v) is 1.85. The molecule has 0 amide bonds. The van der Waals surface area contributed by atoms with Gasteiger partial charge < -0.3 is 10.1 Å². The van der Waals surface area contributed by atoms with E-state index in [-0.39, 0.29) is 5.97 Å². The summed E-state index contributed by atoms with van der Waals surface area (Å²) in [5.74, 6) is -0.352. The predicted molar refractivity (Wildman–Crippen MR) is 74.4 cm³/mol. The maximum Gasteiger partial charge on any atom is 0.338 e. The predicted octanol–water partition coefficient (Wildman–Crippen LogP) is 3.13. The van der Waals surface area contributed by atoms with E-state index in [4.69, 9.17) is 16.3 Å². The first-order valence-electron chi connectivity index (χ1n) is 5.72. The molecule has 0 saturated carbocycles. The molecule has 0 aliphatic carbocycles. The van der Waals surface area contributed by atoms with E-state index in [0.717, 1.165) is 11.3 Å². The number of hydrogen-bond acceptors (Lipinski definition) is 4. The number of ether oxygens (including phenoxy) is 1. The number of esters is 1. The average Bonchev–Trinajstić information content (AvgIpc) is 2.46. The molecule has 0 unspecified atom stereocenters. The number of pyridine rings is 1. The monoisotopic (exact) mass is 276 g/mol. The van der Waals surface area contributed by atoms with Crippen molar-refractivity contribution in [2.24, 2.45) is 0 Å². The van der Waals surface area contributed by atoms with Crippen LogP contribution >= 0.6 is 11.6 Å². The summed E-state index contributed by atoms with van der Waals surface area (Å²) >= 11 is 6.03. The van der Waals surface area contributed by atoms with Crippen molar-refractivity contribution in [1.82, 2.24) is 4.98 Å². The molecule has 19 heavy (non-hydrogen) atoms. The number of hydrogen-bond donors (Lipinski definition) is 1. The molecule has 0 saturated heterocycles. The molecule has 1 heterocycles. The first kappa shape index (κ1) is 13.4. The van der Waals surface area contributed by atoms with Gasteiger partial charge in [-0.3, -0.25) is 4.98 Å². The van der Waals surface area contributed by atoms with Gasteiger partial charge in [0, 0.05) is 12.7 Å². The van der Waals surface area contributed by atoms with Crippen molar-refractivity contribution >= 4 is 23.3 Å². The van der Waals surface area contributed by atoms with Gasteiger partial charge in [0.2, 0.25) is 0 Å². The lowest BCUT2D eigenvalue weighted by atomic mass is 10.1. The lowest BCUT2D eigenvalue weighted by Crippen LogP contribution is -2.09. The fourth-order valence-electron chi connectivity index (χ4n) is 1.68. The Labute approximate surface area is 116 Å². The molecule has 98 valence electrons. The molecular formula is C14H13ClN2O2. The van der Waals surface area contributed by atoms with Crippen LogP contribution in [0, 0.1) is 0 Å². The number of carbonyl (C=O) groups excluding carboxylic acids is 1. The van der Waals surface area contributed by atoms with Gasteiger partial charge in [0.05, 0.1) is 29.6 Å². The molecule has 1 aromatic heterocycles.